The van der Waals surface area contributed by atoms with Crippen molar-refractivity contribution in [2.45, 2.75) is 26.7 Å². The number of hydrogen-bond acceptors (Lipinski definition) is 0. The average molecular weight is 184 g/mol. The van der Waals surface area contributed by atoms with Crippen LogP contribution in [0, 0.1) is 6.92 Å². The minimum absolute atomic E-state index is 0.597. The molecule has 0 saturated carbocycles. The van der Waals surface area contributed by atoms with Gasteiger partial charge in [0.25, 0.3) is 0 Å². The molecule has 72 valence electrons. The third-order valence-corrected chi connectivity index (χ3v) is 2.79. The van der Waals surface area contributed by atoms with Crippen LogP contribution in [-0.4, -0.2) is 0 Å². The number of rotatable bonds is 1. The van der Waals surface area contributed by atoms with Crippen LogP contribution >= 0.6 is 0 Å². The maximum atomic E-state index is 2.30. The molecule has 0 spiro atoms. The van der Waals surface area contributed by atoms with Gasteiger partial charge in [0.2, 0.25) is 0 Å². The van der Waals surface area contributed by atoms with Crippen LogP contribution in [-0.2, 0) is 0 Å². The van der Waals surface area contributed by atoms with Gasteiger partial charge in [0.05, 0.1) is 0 Å². The van der Waals surface area contributed by atoms with Crippen molar-refractivity contribution >= 4 is 0 Å². The number of fused-ring (bicyclic) bond motifs is 1. The lowest BCUT2D eigenvalue weighted by molar-refractivity contribution is 0.869. The molecule has 0 N–H and O–H groups in total. The molecule has 0 amide bonds. The van der Waals surface area contributed by atoms with Gasteiger partial charge >= 0.3 is 0 Å². The van der Waals surface area contributed by atoms with Crippen LogP contribution in [0.3, 0.4) is 0 Å². The minimum atomic E-state index is 0.597. The molecule has 0 fully saturated rings. The summed E-state index contributed by atoms with van der Waals surface area (Å²) in [5, 5.41) is 0. The molecule has 0 nitrogen and oxygen atoms in total. The average Bonchev–Trinajstić information content (AvgIpc) is 2.53. The van der Waals surface area contributed by atoms with Crippen molar-refractivity contribution < 1.29 is 0 Å². The molecule has 14 heavy (non-hydrogen) atoms. The second-order valence-electron chi connectivity index (χ2n) is 4.21. The quantitative estimate of drug-likeness (QED) is 0.622. The smallest absolute Gasteiger partial charge is 0.0155 e. The lowest BCUT2D eigenvalue weighted by Crippen LogP contribution is -1.82. The van der Waals surface area contributed by atoms with Crippen LogP contribution in [0.5, 0.6) is 0 Å². The fourth-order valence-electron chi connectivity index (χ4n) is 1.82. The highest BCUT2D eigenvalue weighted by Crippen LogP contribution is 2.28. The van der Waals surface area contributed by atoms with Crippen molar-refractivity contribution in [3.8, 4) is 11.1 Å². The summed E-state index contributed by atoms with van der Waals surface area (Å²) in [7, 11) is 0. The van der Waals surface area contributed by atoms with E-state index in [1.807, 2.05) is 0 Å². The van der Waals surface area contributed by atoms with Gasteiger partial charge in [-0.25, -0.2) is 0 Å². The second kappa shape index (κ2) is 3.45. The molecule has 0 saturated heterocycles. The Morgan fingerprint density at radius 3 is 2.50 bits per heavy atom. The van der Waals surface area contributed by atoms with Crippen molar-refractivity contribution in [1.82, 2.24) is 0 Å². The van der Waals surface area contributed by atoms with Gasteiger partial charge in [-0.15, -0.1) is 0 Å². The van der Waals surface area contributed by atoms with Gasteiger partial charge in [0, 0.05) is 0 Å². The summed E-state index contributed by atoms with van der Waals surface area (Å²) in [5.74, 6) is 0.597. The summed E-state index contributed by atoms with van der Waals surface area (Å²) in [6, 6.07) is 13.3. The molecule has 0 aromatic rings. The number of aryl methyl sites for hydroxylation is 1. The van der Waals surface area contributed by atoms with Crippen LogP contribution in [0.15, 0.2) is 36.4 Å². The van der Waals surface area contributed by atoms with Crippen molar-refractivity contribution in [3.63, 3.8) is 0 Å². The molecule has 0 radical (unpaired) electrons. The molecule has 0 bridgehead atoms. The maximum absolute atomic E-state index is 2.30. The molecule has 0 aromatic carbocycles. The molecule has 0 atom stereocenters. The summed E-state index contributed by atoms with van der Waals surface area (Å²) < 4.78 is 0. The normalized spacial score (nSPS) is 11.1. The van der Waals surface area contributed by atoms with Gasteiger partial charge in [0.15, 0.2) is 0 Å². The summed E-state index contributed by atoms with van der Waals surface area (Å²) in [5.41, 5.74) is 5.50. The summed E-state index contributed by atoms with van der Waals surface area (Å²) in [6.45, 7) is 6.64. The zero-order chi connectivity index (χ0) is 10.1. The molecule has 2 rings (SSSR count). The van der Waals surface area contributed by atoms with Gasteiger partial charge in [0.1, 0.15) is 0 Å². The molecule has 0 heteroatoms. The predicted octanol–water partition coefficient (Wildman–Crippen LogP) is 4.22. The standard InChI is InChI=1S/C14H16/c1-10(2)12-8-7-11(3)14-6-4-5-13(14)9-12/h4-10H,1-3H3. The van der Waals surface area contributed by atoms with Crippen molar-refractivity contribution in [1.29, 1.82) is 0 Å². The molecule has 0 heterocycles. The number of hydrogen-bond donors (Lipinski definition) is 0. The van der Waals surface area contributed by atoms with Gasteiger partial charge in [-0.2, -0.15) is 0 Å². The molecule has 0 aliphatic heterocycles. The first-order chi connectivity index (χ1) is 6.68. The van der Waals surface area contributed by atoms with Crippen molar-refractivity contribution in [2.24, 2.45) is 0 Å². The van der Waals surface area contributed by atoms with Crippen LogP contribution < -0.4 is 0 Å². The minimum Gasteiger partial charge on any atom is -0.0610 e. The Morgan fingerprint density at radius 2 is 1.79 bits per heavy atom. The van der Waals surface area contributed by atoms with E-state index in [1.165, 1.54) is 22.3 Å². The van der Waals surface area contributed by atoms with Crippen molar-refractivity contribution in [3.05, 3.63) is 47.5 Å². The van der Waals surface area contributed by atoms with E-state index in [1.54, 1.807) is 0 Å². The Labute approximate surface area is 85.9 Å². The third-order valence-electron chi connectivity index (χ3n) is 2.79. The Balaban J connectivity index is 2.65. The van der Waals surface area contributed by atoms with E-state index in [9.17, 15) is 0 Å². The van der Waals surface area contributed by atoms with Gasteiger partial charge < -0.3 is 0 Å². The van der Waals surface area contributed by atoms with E-state index < -0.39 is 0 Å². The van der Waals surface area contributed by atoms with E-state index in [0.717, 1.165) is 0 Å². The Kier molecular flexibility index (Phi) is 2.28. The van der Waals surface area contributed by atoms with Crippen LogP contribution in [0.1, 0.15) is 30.9 Å². The Morgan fingerprint density at radius 1 is 1.00 bits per heavy atom. The molecule has 2 aliphatic rings. The lowest BCUT2D eigenvalue weighted by atomic mass is 10.0. The predicted molar refractivity (Wildman–Crippen MR) is 61.9 cm³/mol. The van der Waals surface area contributed by atoms with Gasteiger partial charge in [-0.1, -0.05) is 50.2 Å². The Hall–Kier alpha value is -1.30. The summed E-state index contributed by atoms with van der Waals surface area (Å²) in [6.07, 6.45) is 0. The SMILES string of the molecule is Cc1ccc(C(C)C)cc2cccc1-2. The highest BCUT2D eigenvalue weighted by atomic mass is 14.1. The van der Waals surface area contributed by atoms with Gasteiger partial charge in [-0.05, 0) is 35.1 Å². The van der Waals surface area contributed by atoms with Crippen molar-refractivity contribution in [2.75, 3.05) is 0 Å². The zero-order valence-electron chi connectivity index (χ0n) is 9.04. The molecular formula is C14H16. The monoisotopic (exact) mass is 184 g/mol. The fraction of sp³-hybridized carbons (Fsp3) is 0.286. The topological polar surface area (TPSA) is 0 Å². The molecular weight excluding hydrogens is 168 g/mol. The van der Waals surface area contributed by atoms with Crippen LogP contribution in [0.25, 0.3) is 11.1 Å². The maximum Gasteiger partial charge on any atom is -0.0155 e. The van der Waals surface area contributed by atoms with E-state index in [2.05, 4.69) is 57.2 Å². The first-order valence-electron chi connectivity index (χ1n) is 5.18. The van der Waals surface area contributed by atoms with E-state index in [-0.39, 0.29) is 0 Å². The summed E-state index contributed by atoms with van der Waals surface area (Å²) >= 11 is 0. The molecule has 2 aliphatic carbocycles. The van der Waals surface area contributed by atoms with Crippen LogP contribution in [0.4, 0.5) is 0 Å². The first-order valence-corrected chi connectivity index (χ1v) is 5.18. The Bertz CT molecular complexity index is 413. The van der Waals surface area contributed by atoms with E-state index >= 15 is 0 Å². The largest absolute Gasteiger partial charge is 0.0610 e. The van der Waals surface area contributed by atoms with E-state index in [0.29, 0.717) is 5.92 Å². The second-order valence-corrected chi connectivity index (χ2v) is 4.21. The molecule has 0 aromatic heterocycles. The molecule has 0 unspecified atom stereocenters. The highest BCUT2D eigenvalue weighted by Gasteiger charge is 2.05. The van der Waals surface area contributed by atoms with Gasteiger partial charge in [-0.3, -0.25) is 0 Å². The van der Waals surface area contributed by atoms with E-state index in [4.69, 9.17) is 0 Å². The zero-order valence-corrected chi connectivity index (χ0v) is 9.04. The summed E-state index contributed by atoms with van der Waals surface area (Å²) in [4.78, 5) is 0. The fourth-order valence-corrected chi connectivity index (χ4v) is 1.82. The van der Waals surface area contributed by atoms with Crippen LogP contribution in [0.2, 0.25) is 0 Å². The first kappa shape index (κ1) is 9.26. The lowest BCUT2D eigenvalue weighted by Gasteiger charge is -2.01. The third kappa shape index (κ3) is 1.52. The highest BCUT2D eigenvalue weighted by molar-refractivity contribution is 5.70.